The summed E-state index contributed by atoms with van der Waals surface area (Å²) in [6, 6.07) is 4.19. The van der Waals surface area contributed by atoms with E-state index in [1.165, 1.54) is 18.2 Å². The largest absolute Gasteiger partial charge is 0.351 e. The third kappa shape index (κ3) is 4.28. The molecule has 94 valence electrons. The van der Waals surface area contributed by atoms with Gasteiger partial charge in [0.1, 0.15) is 5.82 Å². The van der Waals surface area contributed by atoms with Gasteiger partial charge in [0.2, 0.25) is 0 Å². The van der Waals surface area contributed by atoms with Crippen LogP contribution < -0.4 is 5.32 Å². The molecular formula is C12H14BrClFNO. The standard InChI is InChI=1S/C12H14BrClFNO/c1-2-4-8(13)7-16-12(17)11-9(14)5-3-6-10(11)15/h3,5-6,8H,2,4,7H2,1H3,(H,16,17). The third-order valence-electron chi connectivity index (χ3n) is 2.28. The lowest BCUT2D eigenvalue weighted by atomic mass is 10.2. The van der Waals surface area contributed by atoms with E-state index in [2.05, 4.69) is 28.2 Å². The van der Waals surface area contributed by atoms with Gasteiger partial charge in [0.05, 0.1) is 10.6 Å². The number of hydrogen-bond acceptors (Lipinski definition) is 1. The fourth-order valence-electron chi connectivity index (χ4n) is 1.42. The van der Waals surface area contributed by atoms with Crippen molar-refractivity contribution in [3.8, 4) is 0 Å². The molecule has 0 saturated heterocycles. The van der Waals surface area contributed by atoms with Gasteiger partial charge >= 0.3 is 0 Å². The number of halogens is 3. The molecule has 0 saturated carbocycles. The fraction of sp³-hybridized carbons (Fsp3) is 0.417. The van der Waals surface area contributed by atoms with Gasteiger partial charge < -0.3 is 5.32 Å². The van der Waals surface area contributed by atoms with Crippen LogP contribution in [0.3, 0.4) is 0 Å². The predicted molar refractivity (Wildman–Crippen MR) is 71.4 cm³/mol. The minimum absolute atomic E-state index is 0.0923. The number of alkyl halides is 1. The number of nitrogens with one attached hydrogen (secondary N) is 1. The Morgan fingerprint density at radius 2 is 2.29 bits per heavy atom. The van der Waals surface area contributed by atoms with Crippen LogP contribution in [0.25, 0.3) is 0 Å². The second kappa shape index (κ2) is 6.97. The van der Waals surface area contributed by atoms with Crippen molar-refractivity contribution < 1.29 is 9.18 Å². The van der Waals surface area contributed by atoms with E-state index < -0.39 is 11.7 Å². The SMILES string of the molecule is CCCC(Br)CNC(=O)c1c(F)cccc1Cl. The molecule has 0 fully saturated rings. The molecule has 0 heterocycles. The summed E-state index contributed by atoms with van der Waals surface area (Å²) in [4.78, 5) is 11.9. The Morgan fingerprint density at radius 3 is 2.88 bits per heavy atom. The smallest absolute Gasteiger partial charge is 0.255 e. The maximum atomic E-state index is 13.4. The van der Waals surface area contributed by atoms with Gasteiger partial charge in [-0.25, -0.2) is 4.39 Å². The van der Waals surface area contributed by atoms with E-state index in [1.54, 1.807) is 0 Å². The monoisotopic (exact) mass is 321 g/mol. The summed E-state index contributed by atoms with van der Waals surface area (Å²) in [5.41, 5.74) is -0.0923. The number of hydrogen-bond donors (Lipinski definition) is 1. The van der Waals surface area contributed by atoms with Crippen LogP contribution in [0.1, 0.15) is 30.1 Å². The number of carbonyl (C=O) groups excluding carboxylic acids is 1. The fourth-order valence-corrected chi connectivity index (χ4v) is 2.29. The number of benzene rings is 1. The van der Waals surface area contributed by atoms with Crippen molar-refractivity contribution in [3.05, 3.63) is 34.6 Å². The molecule has 1 N–H and O–H groups in total. The van der Waals surface area contributed by atoms with Crippen molar-refractivity contribution in [1.82, 2.24) is 5.32 Å². The molecule has 1 aromatic rings. The zero-order valence-corrected chi connectivity index (χ0v) is 11.8. The Labute approximate surface area is 114 Å². The van der Waals surface area contributed by atoms with Crippen molar-refractivity contribution >= 4 is 33.4 Å². The average Bonchev–Trinajstić information content (AvgIpc) is 2.26. The Balaban J connectivity index is 2.64. The highest BCUT2D eigenvalue weighted by Gasteiger charge is 2.16. The summed E-state index contributed by atoms with van der Waals surface area (Å²) in [7, 11) is 0. The Morgan fingerprint density at radius 1 is 1.59 bits per heavy atom. The minimum atomic E-state index is -0.600. The number of carbonyl (C=O) groups is 1. The molecule has 5 heteroatoms. The predicted octanol–water partition coefficient (Wildman–Crippen LogP) is 3.77. The summed E-state index contributed by atoms with van der Waals surface area (Å²) in [6.07, 6.45) is 1.97. The van der Waals surface area contributed by atoms with Crippen molar-refractivity contribution in [3.63, 3.8) is 0 Å². The van der Waals surface area contributed by atoms with Crippen LogP contribution in [0.4, 0.5) is 4.39 Å². The summed E-state index contributed by atoms with van der Waals surface area (Å²) in [6.45, 7) is 2.52. The highest BCUT2D eigenvalue weighted by atomic mass is 79.9. The van der Waals surface area contributed by atoms with Gasteiger partial charge in [-0.3, -0.25) is 4.79 Å². The molecule has 1 rings (SSSR count). The highest BCUT2D eigenvalue weighted by molar-refractivity contribution is 9.09. The van der Waals surface area contributed by atoms with E-state index in [9.17, 15) is 9.18 Å². The van der Waals surface area contributed by atoms with Crippen molar-refractivity contribution in [1.29, 1.82) is 0 Å². The Kier molecular flexibility index (Phi) is 5.92. The third-order valence-corrected chi connectivity index (χ3v) is 3.37. The van der Waals surface area contributed by atoms with Crippen LogP contribution in [-0.2, 0) is 0 Å². The molecular weight excluding hydrogens is 308 g/mol. The van der Waals surface area contributed by atoms with Gasteiger partial charge in [0.15, 0.2) is 0 Å². The molecule has 1 unspecified atom stereocenters. The van der Waals surface area contributed by atoms with E-state index in [1.807, 2.05) is 0 Å². The van der Waals surface area contributed by atoms with E-state index >= 15 is 0 Å². The van der Waals surface area contributed by atoms with Crippen LogP contribution in [0, 0.1) is 5.82 Å². The zero-order chi connectivity index (χ0) is 12.8. The highest BCUT2D eigenvalue weighted by Crippen LogP contribution is 2.18. The van der Waals surface area contributed by atoms with Gasteiger partial charge in [-0.15, -0.1) is 0 Å². The van der Waals surface area contributed by atoms with Gasteiger partial charge in [-0.05, 0) is 18.6 Å². The van der Waals surface area contributed by atoms with Crippen LogP contribution in [0.2, 0.25) is 5.02 Å². The topological polar surface area (TPSA) is 29.1 Å². The van der Waals surface area contributed by atoms with Crippen LogP contribution >= 0.6 is 27.5 Å². The van der Waals surface area contributed by atoms with E-state index in [-0.39, 0.29) is 15.4 Å². The normalized spacial score (nSPS) is 12.2. The van der Waals surface area contributed by atoms with Crippen LogP contribution in [0.5, 0.6) is 0 Å². The van der Waals surface area contributed by atoms with Crippen LogP contribution in [-0.4, -0.2) is 17.3 Å². The number of rotatable bonds is 5. The first kappa shape index (κ1) is 14.5. The molecule has 0 spiro atoms. The lowest BCUT2D eigenvalue weighted by molar-refractivity contribution is 0.0950. The first-order valence-corrected chi connectivity index (χ1v) is 6.72. The first-order chi connectivity index (χ1) is 8.06. The minimum Gasteiger partial charge on any atom is -0.351 e. The van der Waals surface area contributed by atoms with Gasteiger partial charge in [0.25, 0.3) is 5.91 Å². The lowest BCUT2D eigenvalue weighted by Crippen LogP contribution is -2.30. The molecule has 2 nitrogen and oxygen atoms in total. The molecule has 1 aromatic carbocycles. The van der Waals surface area contributed by atoms with Gasteiger partial charge in [-0.1, -0.05) is 46.9 Å². The van der Waals surface area contributed by atoms with Crippen LogP contribution in [0.15, 0.2) is 18.2 Å². The van der Waals surface area contributed by atoms with Gasteiger partial charge in [-0.2, -0.15) is 0 Å². The first-order valence-electron chi connectivity index (χ1n) is 5.42. The molecule has 17 heavy (non-hydrogen) atoms. The van der Waals surface area contributed by atoms with Crippen molar-refractivity contribution in [2.45, 2.75) is 24.6 Å². The summed E-state index contributed by atoms with van der Waals surface area (Å²) >= 11 is 9.22. The Bertz CT molecular complexity index is 380. The molecule has 0 aliphatic carbocycles. The van der Waals surface area contributed by atoms with E-state index in [4.69, 9.17) is 11.6 Å². The molecule has 0 aliphatic rings. The summed E-state index contributed by atoms with van der Waals surface area (Å²) in [5.74, 6) is -1.08. The van der Waals surface area contributed by atoms with Crippen molar-refractivity contribution in [2.75, 3.05) is 6.54 Å². The second-order valence-electron chi connectivity index (χ2n) is 3.69. The van der Waals surface area contributed by atoms with Gasteiger partial charge in [0, 0.05) is 11.4 Å². The maximum Gasteiger partial charge on any atom is 0.255 e. The summed E-state index contributed by atoms with van der Waals surface area (Å²) < 4.78 is 13.4. The summed E-state index contributed by atoms with van der Waals surface area (Å²) in [5, 5.41) is 2.78. The second-order valence-corrected chi connectivity index (χ2v) is 5.39. The molecule has 0 aliphatic heterocycles. The van der Waals surface area contributed by atoms with E-state index in [0.29, 0.717) is 6.54 Å². The maximum absolute atomic E-state index is 13.4. The zero-order valence-electron chi connectivity index (χ0n) is 9.47. The van der Waals surface area contributed by atoms with Crippen molar-refractivity contribution in [2.24, 2.45) is 0 Å². The molecule has 0 aromatic heterocycles. The number of amides is 1. The Hall–Kier alpha value is -0.610. The lowest BCUT2D eigenvalue weighted by Gasteiger charge is -2.11. The molecule has 1 atom stereocenters. The molecule has 0 bridgehead atoms. The van der Waals surface area contributed by atoms with E-state index in [0.717, 1.165) is 12.8 Å². The quantitative estimate of drug-likeness (QED) is 0.821. The molecule has 0 radical (unpaired) electrons. The molecule has 1 amide bonds. The average molecular weight is 323 g/mol.